The van der Waals surface area contributed by atoms with Gasteiger partial charge in [0.05, 0.1) is 0 Å². The summed E-state index contributed by atoms with van der Waals surface area (Å²) in [6, 6.07) is 6.56. The summed E-state index contributed by atoms with van der Waals surface area (Å²) >= 11 is 0. The van der Waals surface area contributed by atoms with Crippen LogP contribution in [0.15, 0.2) is 24.3 Å². The van der Waals surface area contributed by atoms with Crippen molar-refractivity contribution in [3.05, 3.63) is 35.6 Å². The molecular weight excluding hydrogens is 164 g/mol. The molecule has 70 valence electrons. The lowest BCUT2D eigenvalue weighted by molar-refractivity contribution is 0.626. The summed E-state index contributed by atoms with van der Waals surface area (Å²) in [5.41, 5.74) is 1.85. The molecule has 0 aliphatic heterocycles. The quantitative estimate of drug-likeness (QED) is 0.685. The molecule has 0 unspecified atom stereocenters. The highest BCUT2D eigenvalue weighted by molar-refractivity contribution is 5.78. The minimum atomic E-state index is -0.188. The Labute approximate surface area is 78.1 Å². The van der Waals surface area contributed by atoms with Crippen LogP contribution in [-0.4, -0.2) is 5.71 Å². The molecule has 0 aliphatic rings. The Bertz CT molecular complexity index is 277. The predicted molar refractivity (Wildman–Crippen MR) is 52.7 cm³/mol. The van der Waals surface area contributed by atoms with Gasteiger partial charge in [-0.15, -0.1) is 0 Å². The smallest absolute Gasteiger partial charge is 0.123 e. The molecule has 0 saturated heterocycles. The second-order valence-electron chi connectivity index (χ2n) is 3.26. The lowest BCUT2D eigenvalue weighted by Crippen LogP contribution is -1.91. The fourth-order valence-corrected chi connectivity index (χ4v) is 1.21. The van der Waals surface area contributed by atoms with Crippen molar-refractivity contribution in [2.75, 3.05) is 0 Å². The normalized spacial score (nSPS) is 10.0. The van der Waals surface area contributed by atoms with Crippen LogP contribution in [0.4, 0.5) is 4.39 Å². The summed E-state index contributed by atoms with van der Waals surface area (Å²) in [6.07, 6.45) is 2.73. The summed E-state index contributed by atoms with van der Waals surface area (Å²) in [5, 5.41) is 7.23. The molecular formula is C11H14FN. The minimum Gasteiger partial charge on any atom is -0.310 e. The van der Waals surface area contributed by atoms with Crippen molar-refractivity contribution in [2.24, 2.45) is 0 Å². The lowest BCUT2D eigenvalue weighted by Gasteiger charge is -2.00. The molecule has 1 N–H and O–H groups in total. The molecule has 0 bridgehead atoms. The largest absolute Gasteiger partial charge is 0.310 e. The van der Waals surface area contributed by atoms with Crippen LogP contribution in [0.2, 0.25) is 0 Å². The van der Waals surface area contributed by atoms with Gasteiger partial charge in [-0.2, -0.15) is 0 Å². The van der Waals surface area contributed by atoms with Gasteiger partial charge >= 0.3 is 0 Å². The van der Waals surface area contributed by atoms with Gasteiger partial charge in [0, 0.05) is 5.71 Å². The first-order valence-corrected chi connectivity index (χ1v) is 4.47. The monoisotopic (exact) mass is 178 g/mol. The third kappa shape index (κ3) is 3.83. The molecule has 0 radical (unpaired) electrons. The van der Waals surface area contributed by atoms with E-state index in [-0.39, 0.29) is 5.82 Å². The highest BCUT2D eigenvalue weighted by Gasteiger charge is 1.94. The van der Waals surface area contributed by atoms with Gasteiger partial charge in [-0.05, 0) is 43.9 Å². The van der Waals surface area contributed by atoms with E-state index in [0.29, 0.717) is 5.71 Å². The maximum Gasteiger partial charge on any atom is 0.123 e. The maximum absolute atomic E-state index is 12.5. The summed E-state index contributed by atoms with van der Waals surface area (Å²) < 4.78 is 12.5. The average Bonchev–Trinajstić information content (AvgIpc) is 2.08. The van der Waals surface area contributed by atoms with Crippen molar-refractivity contribution in [3.8, 4) is 0 Å². The summed E-state index contributed by atoms with van der Waals surface area (Å²) in [6.45, 7) is 1.81. The van der Waals surface area contributed by atoms with E-state index in [2.05, 4.69) is 0 Å². The molecule has 0 aromatic heterocycles. The lowest BCUT2D eigenvalue weighted by atomic mass is 10.1. The van der Waals surface area contributed by atoms with Crippen LogP contribution in [0, 0.1) is 11.2 Å². The van der Waals surface area contributed by atoms with E-state index in [4.69, 9.17) is 5.41 Å². The number of rotatable bonds is 4. The van der Waals surface area contributed by atoms with E-state index in [9.17, 15) is 4.39 Å². The highest BCUT2D eigenvalue weighted by Crippen LogP contribution is 2.06. The Morgan fingerprint density at radius 2 is 1.92 bits per heavy atom. The van der Waals surface area contributed by atoms with Crippen LogP contribution in [0.1, 0.15) is 25.3 Å². The molecule has 13 heavy (non-hydrogen) atoms. The Morgan fingerprint density at radius 3 is 2.46 bits per heavy atom. The first kappa shape index (κ1) is 9.90. The van der Waals surface area contributed by atoms with Gasteiger partial charge in [-0.3, -0.25) is 0 Å². The van der Waals surface area contributed by atoms with Gasteiger partial charge in [0.15, 0.2) is 0 Å². The van der Waals surface area contributed by atoms with Crippen LogP contribution in [0.5, 0.6) is 0 Å². The molecule has 0 fully saturated rings. The fourth-order valence-electron chi connectivity index (χ4n) is 1.21. The van der Waals surface area contributed by atoms with Gasteiger partial charge in [-0.25, -0.2) is 4.39 Å². The summed E-state index contributed by atoms with van der Waals surface area (Å²) in [7, 11) is 0. The first-order chi connectivity index (χ1) is 6.18. The summed E-state index contributed by atoms with van der Waals surface area (Å²) in [4.78, 5) is 0. The molecule has 0 spiro atoms. The van der Waals surface area contributed by atoms with Gasteiger partial charge in [-0.1, -0.05) is 12.1 Å². The number of hydrogen-bond acceptors (Lipinski definition) is 1. The molecule has 0 atom stereocenters. The van der Waals surface area contributed by atoms with Crippen molar-refractivity contribution in [1.82, 2.24) is 0 Å². The van der Waals surface area contributed by atoms with Crippen molar-refractivity contribution >= 4 is 5.71 Å². The van der Waals surface area contributed by atoms with Crippen LogP contribution < -0.4 is 0 Å². The zero-order chi connectivity index (χ0) is 9.68. The number of nitrogens with one attached hydrogen (secondary N) is 1. The highest BCUT2D eigenvalue weighted by atomic mass is 18.2. The third-order valence-electron chi connectivity index (χ3n) is 1.93. The Balaban J connectivity index is 2.37. The van der Waals surface area contributed by atoms with Gasteiger partial charge in [0.1, 0.15) is 5.82 Å². The van der Waals surface area contributed by atoms with Crippen LogP contribution in [0.3, 0.4) is 0 Å². The Hall–Kier alpha value is -1.18. The SMILES string of the molecule is CC(=N)CCCc1ccc([18F])cc1. The first-order valence-electron chi connectivity index (χ1n) is 4.47. The maximum atomic E-state index is 12.5. The van der Waals surface area contributed by atoms with E-state index in [1.165, 1.54) is 12.1 Å². The second kappa shape index (κ2) is 4.75. The number of hydrogen-bond donors (Lipinski definition) is 1. The summed E-state index contributed by atoms with van der Waals surface area (Å²) in [5.74, 6) is -0.188. The van der Waals surface area contributed by atoms with Gasteiger partial charge < -0.3 is 5.41 Å². The van der Waals surface area contributed by atoms with Gasteiger partial charge in [0.25, 0.3) is 0 Å². The van der Waals surface area contributed by atoms with E-state index in [1.807, 2.05) is 6.92 Å². The Kier molecular flexibility index (Phi) is 3.62. The standard InChI is InChI=1S/C11H14FN/c1-9(13)3-2-4-10-5-7-11(12)8-6-10/h5-8,13H,2-4H2,1H3/i12-1. The average molecular weight is 178 g/mol. The van der Waals surface area contributed by atoms with Crippen molar-refractivity contribution in [3.63, 3.8) is 0 Å². The molecule has 1 aromatic carbocycles. The number of halogens is 1. The van der Waals surface area contributed by atoms with E-state index >= 15 is 0 Å². The van der Waals surface area contributed by atoms with Crippen molar-refractivity contribution in [1.29, 1.82) is 5.41 Å². The third-order valence-corrected chi connectivity index (χ3v) is 1.93. The van der Waals surface area contributed by atoms with E-state index < -0.39 is 0 Å². The van der Waals surface area contributed by atoms with Crippen LogP contribution >= 0.6 is 0 Å². The molecule has 1 aromatic rings. The van der Waals surface area contributed by atoms with Crippen molar-refractivity contribution < 1.29 is 4.39 Å². The minimum absolute atomic E-state index is 0.188. The molecule has 1 rings (SSSR count). The molecule has 0 saturated carbocycles. The molecule has 0 aliphatic carbocycles. The van der Waals surface area contributed by atoms with E-state index in [1.54, 1.807) is 12.1 Å². The molecule has 1 nitrogen and oxygen atoms in total. The van der Waals surface area contributed by atoms with Crippen LogP contribution in [0.25, 0.3) is 0 Å². The van der Waals surface area contributed by atoms with Gasteiger partial charge in [0.2, 0.25) is 0 Å². The molecule has 2 heteroatoms. The zero-order valence-corrected chi connectivity index (χ0v) is 7.81. The van der Waals surface area contributed by atoms with Crippen molar-refractivity contribution in [2.45, 2.75) is 26.2 Å². The second-order valence-corrected chi connectivity index (χ2v) is 3.26. The Morgan fingerprint density at radius 1 is 1.31 bits per heavy atom. The number of aryl methyl sites for hydroxylation is 1. The molecule has 0 heterocycles. The fraction of sp³-hybridized carbons (Fsp3) is 0.364. The van der Waals surface area contributed by atoms with Crippen LogP contribution in [-0.2, 0) is 6.42 Å². The molecule has 0 amide bonds. The zero-order valence-electron chi connectivity index (χ0n) is 7.81. The van der Waals surface area contributed by atoms with E-state index in [0.717, 1.165) is 24.8 Å². The number of benzene rings is 1. The predicted octanol–water partition coefficient (Wildman–Crippen LogP) is 3.19. The topological polar surface area (TPSA) is 23.9 Å².